The lowest BCUT2D eigenvalue weighted by molar-refractivity contribution is 0.336. The number of hydrogen-bond acceptors (Lipinski definition) is 1. The molecule has 114 valence electrons. The molecule has 0 spiro atoms. The van der Waals surface area contributed by atoms with E-state index in [9.17, 15) is 0 Å². The van der Waals surface area contributed by atoms with Gasteiger partial charge < -0.3 is 4.74 Å². The molecule has 0 heterocycles. The van der Waals surface area contributed by atoms with Crippen molar-refractivity contribution in [3.05, 3.63) is 48.8 Å². The maximum atomic E-state index is 4.86. The number of methoxy groups -OCH3 is 1. The fourth-order valence-electron chi connectivity index (χ4n) is 1.87. The quantitative estimate of drug-likeness (QED) is 0.216. The van der Waals surface area contributed by atoms with Gasteiger partial charge in [-0.15, -0.1) is 0 Å². The van der Waals surface area contributed by atoms with Crippen LogP contribution in [0.25, 0.3) is 0 Å². The Balaban J connectivity index is 3.23. The topological polar surface area (TPSA) is 9.23 Å². The molecule has 20 heavy (non-hydrogen) atoms. The average Bonchev–Trinajstić information content (AvgIpc) is 2.47. The summed E-state index contributed by atoms with van der Waals surface area (Å²) in [5.41, 5.74) is 0. The summed E-state index contributed by atoms with van der Waals surface area (Å²) in [6.45, 7) is 2.17. The van der Waals surface area contributed by atoms with Crippen LogP contribution in [0.4, 0.5) is 0 Å². The molecular weight excluding hydrogens is 244 g/mol. The van der Waals surface area contributed by atoms with E-state index >= 15 is 0 Å². The first-order chi connectivity index (χ1) is 9.91. The van der Waals surface area contributed by atoms with E-state index in [0.29, 0.717) is 0 Å². The highest BCUT2D eigenvalue weighted by Crippen LogP contribution is 2.06. The van der Waals surface area contributed by atoms with Gasteiger partial charge >= 0.3 is 0 Å². The van der Waals surface area contributed by atoms with Crippen molar-refractivity contribution in [2.24, 2.45) is 0 Å². The van der Waals surface area contributed by atoms with Crippen molar-refractivity contribution >= 4 is 0 Å². The lowest BCUT2D eigenvalue weighted by Gasteiger charge is -1.96. The molecule has 0 unspecified atom stereocenters. The van der Waals surface area contributed by atoms with Gasteiger partial charge in [0.05, 0.1) is 13.4 Å². The molecule has 0 atom stereocenters. The van der Waals surface area contributed by atoms with Gasteiger partial charge in [0, 0.05) is 0 Å². The van der Waals surface area contributed by atoms with E-state index in [0.717, 1.165) is 25.7 Å². The molecule has 0 aromatic heterocycles. The smallest absolute Gasteiger partial charge is 0.0784 e. The predicted octanol–water partition coefficient (Wildman–Crippen LogP) is 6.35. The van der Waals surface area contributed by atoms with Crippen LogP contribution in [-0.4, -0.2) is 7.11 Å². The Kier molecular flexibility index (Phi) is 16.7. The molecule has 0 amide bonds. The third kappa shape index (κ3) is 16.8. The normalized spacial score (nSPS) is 12.5. The van der Waals surface area contributed by atoms with E-state index in [1.165, 1.54) is 32.1 Å². The van der Waals surface area contributed by atoms with Crippen LogP contribution in [0.1, 0.15) is 64.7 Å². The molecule has 1 heteroatoms. The zero-order valence-corrected chi connectivity index (χ0v) is 13.4. The molecule has 0 saturated heterocycles. The van der Waals surface area contributed by atoms with Crippen molar-refractivity contribution in [3.63, 3.8) is 0 Å². The Hall–Kier alpha value is -1.24. The Bertz CT molecular complexity index is 284. The summed E-state index contributed by atoms with van der Waals surface area (Å²) >= 11 is 0. The number of ether oxygens (including phenoxy) is 1. The van der Waals surface area contributed by atoms with Crippen molar-refractivity contribution in [1.82, 2.24) is 0 Å². The number of allylic oxidation sites excluding steroid dienone is 7. The third-order valence-corrected chi connectivity index (χ3v) is 3.00. The van der Waals surface area contributed by atoms with Crippen molar-refractivity contribution < 1.29 is 4.74 Å². The second kappa shape index (κ2) is 17.8. The fourth-order valence-corrected chi connectivity index (χ4v) is 1.87. The number of rotatable bonds is 13. The van der Waals surface area contributed by atoms with E-state index in [2.05, 4.69) is 49.5 Å². The molecule has 0 radical (unpaired) electrons. The van der Waals surface area contributed by atoms with E-state index in [1.54, 1.807) is 13.4 Å². The van der Waals surface area contributed by atoms with Crippen molar-refractivity contribution in [2.75, 3.05) is 7.11 Å². The third-order valence-electron chi connectivity index (χ3n) is 3.00. The minimum atomic E-state index is 1.07. The zero-order valence-electron chi connectivity index (χ0n) is 13.4. The summed E-state index contributed by atoms with van der Waals surface area (Å²) in [5.74, 6) is 0. The molecule has 0 aliphatic rings. The molecule has 0 aromatic rings. The average molecular weight is 276 g/mol. The molecule has 0 N–H and O–H groups in total. The van der Waals surface area contributed by atoms with Gasteiger partial charge in [-0.2, -0.15) is 0 Å². The summed E-state index contributed by atoms with van der Waals surface area (Å²) in [7, 11) is 1.69. The monoisotopic (exact) mass is 276 g/mol. The Morgan fingerprint density at radius 2 is 1.20 bits per heavy atom. The maximum absolute atomic E-state index is 4.86. The molecule has 0 bridgehead atoms. The van der Waals surface area contributed by atoms with Crippen LogP contribution in [0.3, 0.4) is 0 Å². The molecular formula is C19H32O. The van der Waals surface area contributed by atoms with E-state index in [1.807, 2.05) is 0 Å². The van der Waals surface area contributed by atoms with Crippen LogP contribution < -0.4 is 0 Å². The first-order valence-electron chi connectivity index (χ1n) is 8.04. The molecule has 0 aliphatic heterocycles. The van der Waals surface area contributed by atoms with Crippen molar-refractivity contribution in [1.29, 1.82) is 0 Å². The predicted molar refractivity (Wildman–Crippen MR) is 90.8 cm³/mol. The second-order valence-electron chi connectivity index (χ2n) is 4.89. The zero-order chi connectivity index (χ0) is 14.7. The van der Waals surface area contributed by atoms with Crippen LogP contribution in [-0.2, 0) is 4.74 Å². The van der Waals surface area contributed by atoms with Gasteiger partial charge in [-0.25, -0.2) is 0 Å². The summed E-state index contributed by atoms with van der Waals surface area (Å²) in [4.78, 5) is 0. The van der Waals surface area contributed by atoms with Gasteiger partial charge in [0.2, 0.25) is 0 Å². The van der Waals surface area contributed by atoms with Crippen LogP contribution >= 0.6 is 0 Å². The molecule has 0 aliphatic carbocycles. The molecule has 0 rings (SSSR count). The van der Waals surface area contributed by atoms with Crippen molar-refractivity contribution in [2.45, 2.75) is 64.7 Å². The van der Waals surface area contributed by atoms with Crippen LogP contribution in [0.15, 0.2) is 48.8 Å². The highest BCUT2D eigenvalue weighted by molar-refractivity contribution is 4.96. The van der Waals surface area contributed by atoms with Gasteiger partial charge in [-0.05, 0) is 51.0 Å². The van der Waals surface area contributed by atoms with Gasteiger partial charge in [-0.1, -0.05) is 56.2 Å². The summed E-state index contributed by atoms with van der Waals surface area (Å²) in [6.07, 6.45) is 28.3. The summed E-state index contributed by atoms with van der Waals surface area (Å²) in [5, 5.41) is 0. The van der Waals surface area contributed by atoms with Gasteiger partial charge in [-0.3, -0.25) is 0 Å². The first-order valence-corrected chi connectivity index (χ1v) is 8.04. The minimum Gasteiger partial charge on any atom is -0.505 e. The lowest BCUT2D eigenvalue weighted by atomic mass is 10.1. The molecule has 1 nitrogen and oxygen atoms in total. The van der Waals surface area contributed by atoms with Gasteiger partial charge in [0.25, 0.3) is 0 Å². The van der Waals surface area contributed by atoms with Crippen LogP contribution in [0, 0.1) is 0 Å². The molecule has 0 fully saturated rings. The standard InChI is InChI=1S/C19H32O/c1-3-4-5-6-7-8-9-10-11-12-13-14-15-16-17-18-19-20-2/h4-5,7-8,10-11,18-19H,3,6,9,12-17H2,1-2H3. The largest absolute Gasteiger partial charge is 0.505 e. The minimum absolute atomic E-state index is 1.07. The van der Waals surface area contributed by atoms with Crippen LogP contribution in [0.2, 0.25) is 0 Å². The summed E-state index contributed by atoms with van der Waals surface area (Å²) in [6, 6.07) is 0. The van der Waals surface area contributed by atoms with E-state index in [4.69, 9.17) is 4.74 Å². The SMILES string of the molecule is CCC=CCC=CCC=CCCCCCCC=COC. The van der Waals surface area contributed by atoms with Crippen molar-refractivity contribution in [3.8, 4) is 0 Å². The van der Waals surface area contributed by atoms with Gasteiger partial charge in [0.1, 0.15) is 0 Å². The van der Waals surface area contributed by atoms with Crippen LogP contribution in [0.5, 0.6) is 0 Å². The maximum Gasteiger partial charge on any atom is 0.0784 e. The lowest BCUT2D eigenvalue weighted by Crippen LogP contribution is -1.77. The highest BCUT2D eigenvalue weighted by atomic mass is 16.5. The number of unbranched alkanes of at least 4 members (excludes halogenated alkanes) is 5. The number of hydrogen-bond donors (Lipinski definition) is 0. The molecule has 0 aromatic carbocycles. The second-order valence-corrected chi connectivity index (χ2v) is 4.89. The first kappa shape index (κ1) is 18.8. The highest BCUT2D eigenvalue weighted by Gasteiger charge is 1.87. The summed E-state index contributed by atoms with van der Waals surface area (Å²) < 4.78 is 4.86. The Morgan fingerprint density at radius 3 is 1.80 bits per heavy atom. The Labute approximate surface area is 126 Å². The van der Waals surface area contributed by atoms with E-state index in [-0.39, 0.29) is 0 Å². The fraction of sp³-hybridized carbons (Fsp3) is 0.579. The van der Waals surface area contributed by atoms with E-state index < -0.39 is 0 Å². The molecule has 0 saturated carbocycles. The Morgan fingerprint density at radius 1 is 0.650 bits per heavy atom. The van der Waals surface area contributed by atoms with Gasteiger partial charge in [0.15, 0.2) is 0 Å².